The zero-order valence-corrected chi connectivity index (χ0v) is 23.9. The minimum absolute atomic E-state index is 0.0244. The van der Waals surface area contributed by atoms with E-state index in [1.54, 1.807) is 30.3 Å². The van der Waals surface area contributed by atoms with Gasteiger partial charge in [-0.3, -0.25) is 0 Å². The Morgan fingerprint density at radius 1 is 0.545 bits per heavy atom. The lowest BCUT2D eigenvalue weighted by Gasteiger charge is -2.09. The van der Waals surface area contributed by atoms with Crippen LogP contribution in [0, 0.1) is 0 Å². The van der Waals surface area contributed by atoms with Crippen LogP contribution in [0.15, 0.2) is 155 Å². The molecule has 0 amide bonds. The predicted octanol–water partition coefficient (Wildman–Crippen LogP) is 8.34. The number of esters is 1. The SMILES string of the molecule is COC(=O)c1ccc(OC2=NC(Oc3ccc(-c4ccccc4)cc3)=CCC(Oc3ccc(-c4ccccc4)cc3)=N2)cc1. The second kappa shape index (κ2) is 13.4. The van der Waals surface area contributed by atoms with Gasteiger partial charge in [-0.05, 0) is 76.9 Å². The number of amidine groups is 1. The van der Waals surface area contributed by atoms with Crippen molar-refractivity contribution in [2.24, 2.45) is 9.98 Å². The standard InChI is InChI=1S/C37H28N2O5/c1-41-36(40)30-16-22-33(23-17-30)44-37-38-34(42-31-18-12-28(13-19-31)26-8-4-2-5-9-26)24-25-35(39-37)43-32-20-14-29(15-21-32)27-10-6-3-7-11-27/h2-24H,25H2,1H3. The van der Waals surface area contributed by atoms with E-state index in [1.165, 1.54) is 7.11 Å². The lowest BCUT2D eigenvalue weighted by molar-refractivity contribution is 0.0600. The van der Waals surface area contributed by atoms with E-state index in [0.717, 1.165) is 22.3 Å². The molecule has 7 nitrogen and oxygen atoms in total. The van der Waals surface area contributed by atoms with E-state index in [4.69, 9.17) is 18.9 Å². The average molecular weight is 581 g/mol. The van der Waals surface area contributed by atoms with E-state index in [9.17, 15) is 4.79 Å². The quantitative estimate of drug-likeness (QED) is 0.181. The Balaban J connectivity index is 1.23. The Morgan fingerprint density at radius 3 is 1.57 bits per heavy atom. The fourth-order valence-electron chi connectivity index (χ4n) is 4.50. The Hall–Kier alpha value is -5.95. The first kappa shape index (κ1) is 28.2. The molecule has 0 aliphatic carbocycles. The molecule has 0 saturated heterocycles. The monoisotopic (exact) mass is 580 g/mol. The molecule has 0 atom stereocenters. The third-order valence-electron chi connectivity index (χ3n) is 6.74. The van der Waals surface area contributed by atoms with Crippen LogP contribution in [-0.4, -0.2) is 25.0 Å². The van der Waals surface area contributed by atoms with Gasteiger partial charge in [0, 0.05) is 6.42 Å². The average Bonchev–Trinajstić information content (AvgIpc) is 3.27. The predicted molar refractivity (Wildman–Crippen MR) is 171 cm³/mol. The van der Waals surface area contributed by atoms with Crippen LogP contribution in [0.1, 0.15) is 16.8 Å². The van der Waals surface area contributed by atoms with Crippen molar-refractivity contribution in [2.75, 3.05) is 7.11 Å². The summed E-state index contributed by atoms with van der Waals surface area (Å²) >= 11 is 0. The molecule has 7 heteroatoms. The van der Waals surface area contributed by atoms with Crippen molar-refractivity contribution in [1.82, 2.24) is 0 Å². The molecule has 1 aliphatic rings. The summed E-state index contributed by atoms with van der Waals surface area (Å²) in [7, 11) is 1.33. The van der Waals surface area contributed by atoms with Gasteiger partial charge in [0.25, 0.3) is 0 Å². The molecule has 5 aromatic rings. The van der Waals surface area contributed by atoms with E-state index in [1.807, 2.05) is 84.9 Å². The molecule has 0 unspecified atom stereocenters. The lowest BCUT2D eigenvalue weighted by Crippen LogP contribution is -2.13. The zero-order valence-electron chi connectivity index (χ0n) is 23.9. The number of benzene rings is 5. The second-order valence-electron chi connectivity index (χ2n) is 9.75. The van der Waals surface area contributed by atoms with Gasteiger partial charge in [0.05, 0.1) is 12.7 Å². The maximum absolute atomic E-state index is 11.8. The molecule has 216 valence electrons. The lowest BCUT2D eigenvalue weighted by atomic mass is 10.1. The van der Waals surface area contributed by atoms with Crippen molar-refractivity contribution < 1.29 is 23.7 Å². The van der Waals surface area contributed by atoms with Crippen molar-refractivity contribution in [3.63, 3.8) is 0 Å². The first-order chi connectivity index (χ1) is 21.6. The van der Waals surface area contributed by atoms with Crippen LogP contribution in [0.5, 0.6) is 17.2 Å². The van der Waals surface area contributed by atoms with E-state index in [2.05, 4.69) is 34.3 Å². The van der Waals surface area contributed by atoms with E-state index in [-0.39, 0.29) is 6.02 Å². The number of rotatable bonds is 7. The number of carbonyl (C=O) groups excluding carboxylic acids is 1. The summed E-state index contributed by atoms with van der Waals surface area (Å²) < 4.78 is 23.1. The third-order valence-corrected chi connectivity index (χ3v) is 6.74. The summed E-state index contributed by atoms with van der Waals surface area (Å²) in [5.41, 5.74) is 4.79. The number of carbonyl (C=O) groups is 1. The van der Waals surface area contributed by atoms with Gasteiger partial charge in [-0.2, -0.15) is 9.98 Å². The molecule has 5 aromatic carbocycles. The molecule has 0 spiro atoms. The molecule has 0 aromatic heterocycles. The van der Waals surface area contributed by atoms with Gasteiger partial charge in [0.1, 0.15) is 17.2 Å². The van der Waals surface area contributed by atoms with Crippen LogP contribution in [0.4, 0.5) is 0 Å². The van der Waals surface area contributed by atoms with Crippen molar-refractivity contribution in [3.05, 3.63) is 151 Å². The smallest absolute Gasteiger partial charge is 0.337 e. The highest BCUT2D eigenvalue weighted by Gasteiger charge is 2.15. The summed E-state index contributed by atoms with van der Waals surface area (Å²) in [5, 5.41) is 0. The number of hydrogen-bond donors (Lipinski definition) is 0. The van der Waals surface area contributed by atoms with Crippen molar-refractivity contribution in [3.8, 4) is 39.5 Å². The second-order valence-corrected chi connectivity index (χ2v) is 9.75. The summed E-state index contributed by atoms with van der Waals surface area (Å²) in [6.07, 6.45) is 2.11. The Bertz CT molecular complexity index is 1810. The first-order valence-electron chi connectivity index (χ1n) is 14.0. The number of hydrogen-bond acceptors (Lipinski definition) is 7. The van der Waals surface area contributed by atoms with E-state index < -0.39 is 5.97 Å². The summed E-state index contributed by atoms with van der Waals surface area (Å²) in [6.45, 7) is 0. The molecule has 0 bridgehead atoms. The van der Waals surface area contributed by atoms with Gasteiger partial charge in [-0.15, -0.1) is 0 Å². The van der Waals surface area contributed by atoms with Crippen LogP contribution in [-0.2, 0) is 4.74 Å². The van der Waals surface area contributed by atoms with Crippen molar-refractivity contribution >= 4 is 17.9 Å². The van der Waals surface area contributed by atoms with Crippen LogP contribution < -0.4 is 14.2 Å². The molecule has 0 fully saturated rings. The molecule has 6 rings (SSSR count). The summed E-state index contributed by atoms with van der Waals surface area (Å²) in [4.78, 5) is 21.0. The van der Waals surface area contributed by atoms with Crippen LogP contribution in [0.3, 0.4) is 0 Å². The number of nitrogens with zero attached hydrogens (tertiary/aromatic N) is 2. The Kier molecular flexibility index (Phi) is 8.55. The minimum Gasteiger partial charge on any atom is -0.465 e. The fourth-order valence-corrected chi connectivity index (χ4v) is 4.50. The van der Waals surface area contributed by atoms with Gasteiger partial charge in [0.15, 0.2) is 0 Å². The van der Waals surface area contributed by atoms with E-state index in [0.29, 0.717) is 41.0 Å². The topological polar surface area (TPSA) is 78.7 Å². The van der Waals surface area contributed by atoms with Crippen molar-refractivity contribution in [1.29, 1.82) is 0 Å². The molecule has 0 N–H and O–H groups in total. The molecule has 44 heavy (non-hydrogen) atoms. The molecular weight excluding hydrogens is 552 g/mol. The normalized spacial score (nSPS) is 12.6. The third kappa shape index (κ3) is 7.09. The van der Waals surface area contributed by atoms with E-state index >= 15 is 0 Å². The van der Waals surface area contributed by atoms with Crippen molar-refractivity contribution in [2.45, 2.75) is 6.42 Å². The molecular formula is C37H28N2O5. The van der Waals surface area contributed by atoms with Crippen LogP contribution in [0.25, 0.3) is 22.3 Å². The molecule has 1 heterocycles. The maximum atomic E-state index is 11.8. The number of aliphatic imine (C=N–C) groups is 2. The molecule has 0 saturated carbocycles. The highest BCUT2D eigenvalue weighted by molar-refractivity contribution is 5.94. The minimum atomic E-state index is -0.438. The maximum Gasteiger partial charge on any atom is 0.337 e. The van der Waals surface area contributed by atoms with Crippen LogP contribution in [0.2, 0.25) is 0 Å². The van der Waals surface area contributed by atoms with Crippen LogP contribution >= 0.6 is 0 Å². The molecule has 0 radical (unpaired) electrons. The van der Waals surface area contributed by atoms with Gasteiger partial charge < -0.3 is 18.9 Å². The fraction of sp³-hybridized carbons (Fsp3) is 0.0541. The van der Waals surface area contributed by atoms with Gasteiger partial charge in [-0.1, -0.05) is 84.9 Å². The molecule has 1 aliphatic heterocycles. The Labute approximate surface area is 255 Å². The van der Waals surface area contributed by atoms with Gasteiger partial charge in [0.2, 0.25) is 11.8 Å². The number of methoxy groups -OCH3 is 1. The van der Waals surface area contributed by atoms with Gasteiger partial charge >= 0.3 is 12.0 Å². The van der Waals surface area contributed by atoms with Gasteiger partial charge in [-0.25, -0.2) is 4.79 Å². The first-order valence-corrected chi connectivity index (χ1v) is 14.0. The zero-order chi connectivity index (χ0) is 30.1. The largest absolute Gasteiger partial charge is 0.465 e. The highest BCUT2D eigenvalue weighted by atomic mass is 16.5. The summed E-state index contributed by atoms with van der Waals surface area (Å²) in [5.74, 6) is 1.91. The summed E-state index contributed by atoms with van der Waals surface area (Å²) in [6, 6.07) is 42.3. The number of ether oxygens (including phenoxy) is 4. The highest BCUT2D eigenvalue weighted by Crippen LogP contribution is 2.26. The Morgan fingerprint density at radius 2 is 1.02 bits per heavy atom.